The largest absolute Gasteiger partial charge is 0.326 e. The van der Waals surface area contributed by atoms with Crippen molar-refractivity contribution in [1.82, 2.24) is 9.21 Å². The molecule has 0 fully saturated rings. The molecule has 0 amide bonds. The Bertz CT molecular complexity index is 576. The van der Waals surface area contributed by atoms with E-state index in [9.17, 15) is 8.42 Å². The van der Waals surface area contributed by atoms with Crippen molar-refractivity contribution in [3.63, 3.8) is 0 Å². The van der Waals surface area contributed by atoms with E-state index in [1.165, 1.54) is 10.4 Å². The van der Waals surface area contributed by atoms with Crippen LogP contribution in [0.25, 0.3) is 0 Å². The van der Waals surface area contributed by atoms with E-state index in [0.717, 1.165) is 5.56 Å². The average Bonchev–Trinajstić information content (AvgIpc) is 2.38. The van der Waals surface area contributed by atoms with E-state index in [1.807, 2.05) is 32.8 Å². The second-order valence-corrected chi connectivity index (χ2v) is 7.57. The second-order valence-electron chi connectivity index (χ2n) is 5.28. The first-order valence-corrected chi connectivity index (χ1v) is 8.70. The highest BCUT2D eigenvalue weighted by Crippen LogP contribution is 2.24. The fourth-order valence-corrected chi connectivity index (χ4v) is 4.31. The molecule has 2 N–H and O–H groups in total. The molecule has 0 bridgehead atoms. The SMILES string of the molecule is CCN(C(C)CN(C)C)S(=O)(=O)c1ccc(CN)c(Cl)c1. The van der Waals surface area contributed by atoms with Gasteiger partial charge in [0, 0.05) is 30.7 Å². The maximum absolute atomic E-state index is 12.8. The molecule has 120 valence electrons. The number of benzene rings is 1. The quantitative estimate of drug-likeness (QED) is 0.825. The van der Waals surface area contributed by atoms with E-state index in [2.05, 4.69) is 0 Å². The van der Waals surface area contributed by atoms with Crippen LogP contribution in [0.15, 0.2) is 23.1 Å². The molecule has 0 aromatic heterocycles. The average molecular weight is 334 g/mol. The molecule has 0 aliphatic carbocycles. The molecule has 1 aromatic rings. The summed E-state index contributed by atoms with van der Waals surface area (Å²) in [7, 11) is 0.279. The molecular formula is C14H24ClN3O2S. The van der Waals surface area contributed by atoms with Crippen LogP contribution in [0.5, 0.6) is 0 Å². The van der Waals surface area contributed by atoms with Crippen molar-refractivity contribution in [2.24, 2.45) is 5.73 Å². The standard InChI is InChI=1S/C14H24ClN3O2S/c1-5-18(11(2)10-17(3)4)21(19,20)13-7-6-12(9-16)14(15)8-13/h6-8,11H,5,9-10,16H2,1-4H3. The number of nitrogens with zero attached hydrogens (tertiary/aromatic N) is 2. The maximum Gasteiger partial charge on any atom is 0.243 e. The maximum atomic E-state index is 12.8. The number of hydrogen-bond acceptors (Lipinski definition) is 4. The van der Waals surface area contributed by atoms with Crippen LogP contribution >= 0.6 is 11.6 Å². The lowest BCUT2D eigenvalue weighted by Crippen LogP contribution is -2.43. The molecule has 7 heteroatoms. The summed E-state index contributed by atoms with van der Waals surface area (Å²) >= 11 is 6.08. The predicted octanol–water partition coefficient (Wildman–Crippen LogP) is 1.76. The second kappa shape index (κ2) is 7.56. The van der Waals surface area contributed by atoms with Gasteiger partial charge in [-0.1, -0.05) is 24.6 Å². The van der Waals surface area contributed by atoms with Gasteiger partial charge in [-0.15, -0.1) is 0 Å². The Morgan fingerprint density at radius 1 is 1.33 bits per heavy atom. The monoisotopic (exact) mass is 333 g/mol. The first-order chi connectivity index (χ1) is 9.73. The number of halogens is 1. The summed E-state index contributed by atoms with van der Waals surface area (Å²) in [6, 6.07) is 4.58. The van der Waals surface area contributed by atoms with E-state index in [-0.39, 0.29) is 17.5 Å². The lowest BCUT2D eigenvalue weighted by molar-refractivity contribution is 0.271. The van der Waals surface area contributed by atoms with Gasteiger partial charge in [-0.2, -0.15) is 4.31 Å². The molecule has 0 heterocycles. The number of likely N-dealkylation sites (N-methyl/N-ethyl adjacent to an activating group) is 2. The van der Waals surface area contributed by atoms with Crippen LogP contribution in [-0.4, -0.2) is 50.8 Å². The molecular weight excluding hydrogens is 310 g/mol. The Morgan fingerprint density at radius 3 is 2.38 bits per heavy atom. The van der Waals surface area contributed by atoms with Crippen LogP contribution in [-0.2, 0) is 16.6 Å². The Labute approximate surface area is 132 Å². The van der Waals surface area contributed by atoms with Gasteiger partial charge in [0.2, 0.25) is 10.0 Å². The minimum atomic E-state index is -3.56. The Hall–Kier alpha value is -0.660. The summed E-state index contributed by atoms with van der Waals surface area (Å²) in [5.41, 5.74) is 6.29. The third kappa shape index (κ3) is 4.40. The van der Waals surface area contributed by atoms with E-state index >= 15 is 0 Å². The fraction of sp³-hybridized carbons (Fsp3) is 0.571. The molecule has 1 aromatic carbocycles. The molecule has 5 nitrogen and oxygen atoms in total. The topological polar surface area (TPSA) is 66.6 Å². The predicted molar refractivity (Wildman–Crippen MR) is 86.9 cm³/mol. The number of sulfonamides is 1. The molecule has 0 aliphatic heterocycles. The Balaban J connectivity index is 3.15. The van der Waals surface area contributed by atoms with Gasteiger partial charge in [-0.05, 0) is 38.7 Å². The number of rotatable bonds is 7. The molecule has 0 radical (unpaired) electrons. The van der Waals surface area contributed by atoms with Crippen molar-refractivity contribution < 1.29 is 8.42 Å². The first-order valence-electron chi connectivity index (χ1n) is 6.89. The van der Waals surface area contributed by atoms with Gasteiger partial charge in [0.05, 0.1) is 4.90 Å². The van der Waals surface area contributed by atoms with Crippen LogP contribution in [0.4, 0.5) is 0 Å². The van der Waals surface area contributed by atoms with Gasteiger partial charge < -0.3 is 10.6 Å². The van der Waals surface area contributed by atoms with Crippen LogP contribution in [0.1, 0.15) is 19.4 Å². The zero-order valence-electron chi connectivity index (χ0n) is 13.0. The van der Waals surface area contributed by atoms with Crippen LogP contribution in [0.3, 0.4) is 0 Å². The van der Waals surface area contributed by atoms with Crippen LogP contribution in [0.2, 0.25) is 5.02 Å². The van der Waals surface area contributed by atoms with Crippen molar-refractivity contribution in [2.75, 3.05) is 27.2 Å². The van der Waals surface area contributed by atoms with Gasteiger partial charge in [-0.25, -0.2) is 8.42 Å². The minimum Gasteiger partial charge on any atom is -0.326 e. The molecule has 1 unspecified atom stereocenters. The van der Waals surface area contributed by atoms with Crippen molar-refractivity contribution >= 4 is 21.6 Å². The van der Waals surface area contributed by atoms with Gasteiger partial charge in [0.25, 0.3) is 0 Å². The Morgan fingerprint density at radius 2 is 1.95 bits per heavy atom. The summed E-state index contributed by atoms with van der Waals surface area (Å²) in [5, 5.41) is 0.384. The molecule has 0 spiro atoms. The van der Waals surface area contributed by atoms with Gasteiger partial charge in [-0.3, -0.25) is 0 Å². The van der Waals surface area contributed by atoms with E-state index in [0.29, 0.717) is 18.1 Å². The summed E-state index contributed by atoms with van der Waals surface area (Å²) < 4.78 is 27.0. The fourth-order valence-electron chi connectivity index (χ4n) is 2.33. The lowest BCUT2D eigenvalue weighted by Gasteiger charge is -2.29. The van der Waals surface area contributed by atoms with Gasteiger partial charge in [0.15, 0.2) is 0 Å². The summed E-state index contributed by atoms with van der Waals surface area (Å²) in [5.74, 6) is 0. The van der Waals surface area contributed by atoms with Crippen molar-refractivity contribution in [1.29, 1.82) is 0 Å². The molecule has 1 atom stereocenters. The molecule has 0 saturated carbocycles. The zero-order valence-corrected chi connectivity index (χ0v) is 14.6. The normalized spacial score (nSPS) is 13.9. The van der Waals surface area contributed by atoms with Crippen molar-refractivity contribution in [3.8, 4) is 0 Å². The van der Waals surface area contributed by atoms with E-state index in [4.69, 9.17) is 17.3 Å². The first kappa shape index (κ1) is 18.4. The summed E-state index contributed by atoms with van der Waals surface area (Å²) in [6.07, 6.45) is 0. The smallest absolute Gasteiger partial charge is 0.243 e. The zero-order chi connectivity index (χ0) is 16.2. The van der Waals surface area contributed by atoms with Gasteiger partial charge in [0.1, 0.15) is 0 Å². The lowest BCUT2D eigenvalue weighted by atomic mass is 10.2. The summed E-state index contributed by atoms with van der Waals surface area (Å²) in [6.45, 7) is 5.08. The molecule has 0 aliphatic rings. The number of nitrogens with two attached hydrogens (primary N) is 1. The number of hydrogen-bond donors (Lipinski definition) is 1. The Kier molecular flexibility index (Phi) is 6.62. The summed E-state index contributed by atoms with van der Waals surface area (Å²) in [4.78, 5) is 2.17. The highest BCUT2D eigenvalue weighted by Gasteiger charge is 2.28. The van der Waals surface area contributed by atoms with E-state index < -0.39 is 10.0 Å². The molecule has 1 rings (SSSR count). The highest BCUT2D eigenvalue weighted by atomic mass is 35.5. The third-order valence-electron chi connectivity index (χ3n) is 3.28. The van der Waals surface area contributed by atoms with Crippen molar-refractivity contribution in [3.05, 3.63) is 28.8 Å². The van der Waals surface area contributed by atoms with E-state index in [1.54, 1.807) is 12.1 Å². The molecule has 0 saturated heterocycles. The molecule has 21 heavy (non-hydrogen) atoms. The van der Waals surface area contributed by atoms with Crippen LogP contribution in [0, 0.1) is 0 Å². The third-order valence-corrected chi connectivity index (χ3v) is 5.72. The minimum absolute atomic E-state index is 0.122. The highest BCUT2D eigenvalue weighted by molar-refractivity contribution is 7.89. The van der Waals surface area contributed by atoms with Crippen molar-refractivity contribution in [2.45, 2.75) is 31.3 Å². The van der Waals surface area contributed by atoms with Crippen LogP contribution < -0.4 is 5.73 Å². The van der Waals surface area contributed by atoms with Gasteiger partial charge >= 0.3 is 0 Å².